The van der Waals surface area contributed by atoms with Crippen molar-refractivity contribution in [3.05, 3.63) is 53.8 Å². The van der Waals surface area contributed by atoms with Gasteiger partial charge in [0, 0.05) is 11.2 Å². The molecule has 0 saturated heterocycles. The summed E-state index contributed by atoms with van der Waals surface area (Å²) >= 11 is 6.00. The zero-order valence-electron chi connectivity index (χ0n) is 10.8. The Bertz CT molecular complexity index is 836. The number of hydrogen-bond donors (Lipinski definition) is 1. The summed E-state index contributed by atoms with van der Waals surface area (Å²) in [6.07, 6.45) is 4.71. The van der Waals surface area contributed by atoms with Gasteiger partial charge in [-0.2, -0.15) is 9.97 Å². The van der Waals surface area contributed by atoms with Crippen LogP contribution < -0.4 is 4.74 Å². The third kappa shape index (κ3) is 2.64. The van der Waals surface area contributed by atoms with Crippen LogP contribution in [0.25, 0.3) is 17.0 Å². The minimum Gasteiger partial charge on any atom is -0.493 e. The fourth-order valence-corrected chi connectivity index (χ4v) is 2.03. The molecule has 0 spiro atoms. The Kier molecular flexibility index (Phi) is 3.41. The number of fused-ring (bicyclic) bond motifs is 1. The molecule has 2 aromatic heterocycles. The number of aromatic hydroxyl groups is 1. The van der Waals surface area contributed by atoms with E-state index in [-0.39, 0.29) is 11.9 Å². The van der Waals surface area contributed by atoms with Gasteiger partial charge in [0.15, 0.2) is 0 Å². The van der Waals surface area contributed by atoms with Crippen molar-refractivity contribution in [1.82, 2.24) is 15.0 Å². The van der Waals surface area contributed by atoms with E-state index >= 15 is 0 Å². The highest BCUT2D eigenvalue weighted by molar-refractivity contribution is 6.32. The van der Waals surface area contributed by atoms with E-state index in [2.05, 4.69) is 21.5 Å². The molecule has 0 unspecified atom stereocenters. The predicted octanol–water partition coefficient (Wildman–Crippen LogP) is 3.82. The second-order valence-corrected chi connectivity index (χ2v) is 4.62. The first kappa shape index (κ1) is 13.3. The van der Waals surface area contributed by atoms with E-state index < -0.39 is 0 Å². The molecule has 5 nitrogen and oxygen atoms in total. The minimum atomic E-state index is -0.157. The summed E-state index contributed by atoms with van der Waals surface area (Å²) in [7, 11) is 0. The molecule has 0 amide bonds. The van der Waals surface area contributed by atoms with Crippen molar-refractivity contribution in [2.24, 2.45) is 0 Å². The summed E-state index contributed by atoms with van der Waals surface area (Å²) in [5.41, 5.74) is 1.23. The number of halogens is 1. The highest BCUT2D eigenvalue weighted by Crippen LogP contribution is 2.28. The molecule has 0 aliphatic rings. The summed E-state index contributed by atoms with van der Waals surface area (Å²) in [5.74, 6) is 0.340. The lowest BCUT2D eigenvalue weighted by molar-refractivity contribution is 0.412. The maximum absolute atomic E-state index is 9.88. The van der Waals surface area contributed by atoms with Crippen molar-refractivity contribution in [3.8, 4) is 17.6 Å². The van der Waals surface area contributed by atoms with Gasteiger partial charge in [-0.25, -0.2) is 0 Å². The quantitative estimate of drug-likeness (QED) is 0.796. The molecule has 0 aliphatic heterocycles. The molecule has 0 radical (unpaired) electrons. The lowest BCUT2D eigenvalue weighted by atomic mass is 10.2. The van der Waals surface area contributed by atoms with Gasteiger partial charge in [-0.15, -0.1) is 0 Å². The zero-order valence-corrected chi connectivity index (χ0v) is 11.6. The monoisotopic (exact) mass is 299 g/mol. The van der Waals surface area contributed by atoms with Crippen LogP contribution in [0.4, 0.5) is 0 Å². The van der Waals surface area contributed by atoms with Gasteiger partial charge >= 0.3 is 6.01 Å². The van der Waals surface area contributed by atoms with Crippen molar-refractivity contribution < 1.29 is 9.84 Å². The highest BCUT2D eigenvalue weighted by Gasteiger charge is 2.09. The summed E-state index contributed by atoms with van der Waals surface area (Å²) in [4.78, 5) is 12.1. The van der Waals surface area contributed by atoms with Crippen LogP contribution >= 0.6 is 11.6 Å². The lowest BCUT2D eigenvalue weighted by Gasteiger charge is -2.07. The number of aromatic nitrogens is 3. The number of nitrogens with zero attached hydrogens (tertiary/aromatic N) is 3. The second-order valence-electron chi connectivity index (χ2n) is 4.21. The van der Waals surface area contributed by atoms with Crippen LogP contribution in [0, 0.1) is 0 Å². The summed E-state index contributed by atoms with van der Waals surface area (Å²) in [6.45, 7) is 3.68. The third-order valence-electron chi connectivity index (χ3n) is 2.86. The molecule has 6 heteroatoms. The summed E-state index contributed by atoms with van der Waals surface area (Å²) in [6, 6.07) is 6.75. The molecule has 1 aromatic carbocycles. The van der Waals surface area contributed by atoms with Gasteiger partial charge in [0.25, 0.3) is 0 Å². The van der Waals surface area contributed by atoms with Crippen LogP contribution in [0.1, 0.15) is 5.56 Å². The van der Waals surface area contributed by atoms with Crippen molar-refractivity contribution in [3.63, 3.8) is 0 Å². The maximum atomic E-state index is 9.88. The molecule has 0 bridgehead atoms. The van der Waals surface area contributed by atoms with E-state index in [4.69, 9.17) is 16.3 Å². The third-order valence-corrected chi connectivity index (χ3v) is 3.20. The molecular formula is C15H10ClN3O2. The molecule has 3 rings (SSSR count). The van der Waals surface area contributed by atoms with Crippen molar-refractivity contribution in [2.45, 2.75) is 0 Å². The molecular weight excluding hydrogens is 290 g/mol. The number of pyridine rings is 1. The second kappa shape index (κ2) is 5.38. The molecule has 2 heterocycles. The standard InChI is InChI=1S/C15H10ClN3O2/c1-2-9-7-10(3-4-12(9)16)21-15-18-13-8-17-6-5-11(13)14(20)19-15/h2-8H,1H2,(H,18,19,20). The topological polar surface area (TPSA) is 68.1 Å². The van der Waals surface area contributed by atoms with Gasteiger partial charge in [0.2, 0.25) is 5.88 Å². The summed E-state index contributed by atoms with van der Waals surface area (Å²) in [5, 5.41) is 11.0. The van der Waals surface area contributed by atoms with Crippen molar-refractivity contribution in [2.75, 3.05) is 0 Å². The van der Waals surface area contributed by atoms with Crippen molar-refractivity contribution >= 4 is 28.6 Å². The van der Waals surface area contributed by atoms with Gasteiger partial charge < -0.3 is 9.84 Å². The molecule has 1 N–H and O–H groups in total. The first-order valence-electron chi connectivity index (χ1n) is 6.08. The van der Waals surface area contributed by atoms with E-state index in [9.17, 15) is 5.11 Å². The number of ether oxygens (including phenoxy) is 1. The van der Waals surface area contributed by atoms with Crippen LogP contribution in [-0.4, -0.2) is 20.1 Å². The molecule has 3 aromatic rings. The van der Waals surface area contributed by atoms with E-state index in [1.165, 1.54) is 6.20 Å². The molecule has 104 valence electrons. The van der Waals surface area contributed by atoms with Crippen LogP contribution in [0.15, 0.2) is 43.2 Å². The van der Waals surface area contributed by atoms with E-state index in [0.29, 0.717) is 21.7 Å². The van der Waals surface area contributed by atoms with E-state index in [1.54, 1.807) is 36.5 Å². The first-order chi connectivity index (χ1) is 10.2. The number of benzene rings is 1. The number of rotatable bonds is 3. The van der Waals surface area contributed by atoms with Gasteiger partial charge in [-0.1, -0.05) is 24.3 Å². The fourth-order valence-electron chi connectivity index (χ4n) is 1.84. The average molecular weight is 300 g/mol. The zero-order chi connectivity index (χ0) is 14.8. The first-order valence-corrected chi connectivity index (χ1v) is 6.46. The summed E-state index contributed by atoms with van der Waals surface area (Å²) < 4.78 is 5.55. The Hall–Kier alpha value is -2.66. The largest absolute Gasteiger partial charge is 0.493 e. The predicted molar refractivity (Wildman–Crippen MR) is 80.6 cm³/mol. The van der Waals surface area contributed by atoms with Crippen molar-refractivity contribution in [1.29, 1.82) is 0 Å². The molecule has 0 aliphatic carbocycles. The Morgan fingerprint density at radius 2 is 2.10 bits per heavy atom. The van der Waals surface area contributed by atoms with Crippen LogP contribution in [0.5, 0.6) is 17.6 Å². The number of hydrogen-bond acceptors (Lipinski definition) is 5. The normalized spacial score (nSPS) is 10.5. The minimum absolute atomic E-state index is 0.0327. The Morgan fingerprint density at radius 3 is 2.90 bits per heavy atom. The van der Waals surface area contributed by atoms with Gasteiger partial charge in [0.1, 0.15) is 5.75 Å². The highest BCUT2D eigenvalue weighted by atomic mass is 35.5. The molecule has 0 saturated carbocycles. The Balaban J connectivity index is 2.00. The van der Waals surface area contributed by atoms with E-state index in [0.717, 1.165) is 5.56 Å². The van der Waals surface area contributed by atoms with Gasteiger partial charge in [-0.3, -0.25) is 4.98 Å². The lowest BCUT2D eigenvalue weighted by Crippen LogP contribution is -1.94. The average Bonchev–Trinajstić information content (AvgIpc) is 2.49. The van der Waals surface area contributed by atoms with Gasteiger partial charge in [-0.05, 0) is 29.8 Å². The Labute approximate surface area is 125 Å². The fraction of sp³-hybridized carbons (Fsp3) is 0. The van der Waals surface area contributed by atoms with E-state index in [1.807, 2.05) is 0 Å². The van der Waals surface area contributed by atoms with Crippen LogP contribution in [0.3, 0.4) is 0 Å². The smallest absolute Gasteiger partial charge is 0.325 e. The van der Waals surface area contributed by atoms with Crippen LogP contribution in [-0.2, 0) is 0 Å². The molecule has 0 fully saturated rings. The SMILES string of the molecule is C=Cc1cc(Oc2nc(O)c3ccncc3n2)ccc1Cl. The maximum Gasteiger partial charge on any atom is 0.325 e. The Morgan fingerprint density at radius 1 is 1.24 bits per heavy atom. The van der Waals surface area contributed by atoms with Gasteiger partial charge in [0.05, 0.1) is 17.1 Å². The molecule has 21 heavy (non-hydrogen) atoms. The molecule has 0 atom stereocenters. The van der Waals surface area contributed by atoms with Crippen LogP contribution in [0.2, 0.25) is 5.02 Å².